The van der Waals surface area contributed by atoms with Crippen molar-refractivity contribution in [2.45, 2.75) is 62.9 Å². The molecule has 3 nitrogen and oxygen atoms in total. The Balaban J connectivity index is 1.98. The highest BCUT2D eigenvalue weighted by Gasteiger charge is 2.46. The second-order valence-corrected chi connectivity index (χ2v) is 13.4. The molecular weight excluding hydrogens is 334 g/mol. The Morgan fingerprint density at radius 3 is 2.42 bits per heavy atom. The molecule has 24 heavy (non-hydrogen) atoms. The molecule has 0 bridgehead atoms. The van der Waals surface area contributed by atoms with E-state index >= 15 is 0 Å². The van der Waals surface area contributed by atoms with Crippen molar-refractivity contribution in [3.05, 3.63) is 30.3 Å². The van der Waals surface area contributed by atoms with Crippen molar-refractivity contribution >= 4 is 26.0 Å². The molecule has 1 aliphatic rings. The van der Waals surface area contributed by atoms with Gasteiger partial charge in [0.25, 0.3) is 0 Å². The fourth-order valence-electron chi connectivity index (χ4n) is 2.36. The van der Waals surface area contributed by atoms with Crippen LogP contribution in [0.1, 0.15) is 27.7 Å². The number of β-lactam (4-membered cyclic amide) rings is 1. The van der Waals surface area contributed by atoms with Crippen LogP contribution in [0.5, 0.6) is 0 Å². The lowest BCUT2D eigenvalue weighted by Crippen LogP contribution is -2.63. The molecule has 1 N–H and O–H groups in total. The Morgan fingerprint density at radius 1 is 1.25 bits per heavy atom. The van der Waals surface area contributed by atoms with Crippen molar-refractivity contribution in [2.24, 2.45) is 5.92 Å². The topological polar surface area (TPSA) is 38.3 Å². The zero-order valence-electron chi connectivity index (χ0n) is 15.3. The van der Waals surface area contributed by atoms with Crippen molar-refractivity contribution in [1.82, 2.24) is 5.32 Å². The molecule has 1 amide bonds. The van der Waals surface area contributed by atoms with Gasteiger partial charge in [0.15, 0.2) is 8.32 Å². The zero-order chi connectivity index (χ0) is 18.0. The van der Waals surface area contributed by atoms with E-state index in [-0.39, 0.29) is 29.0 Å². The fraction of sp³-hybridized carbons (Fsp3) is 0.526. The van der Waals surface area contributed by atoms with Crippen molar-refractivity contribution in [1.29, 1.82) is 0 Å². The number of thioether (sulfide) groups is 1. The van der Waals surface area contributed by atoms with Crippen LogP contribution in [0.15, 0.2) is 35.2 Å². The molecule has 1 fully saturated rings. The van der Waals surface area contributed by atoms with Gasteiger partial charge in [-0.15, -0.1) is 0 Å². The minimum absolute atomic E-state index is 0.0465. The number of amides is 1. The van der Waals surface area contributed by atoms with Gasteiger partial charge < -0.3 is 9.74 Å². The van der Waals surface area contributed by atoms with Crippen LogP contribution in [0.2, 0.25) is 18.1 Å². The van der Waals surface area contributed by atoms with Crippen LogP contribution in [0.3, 0.4) is 0 Å². The maximum atomic E-state index is 12.0. The van der Waals surface area contributed by atoms with Crippen molar-refractivity contribution in [3.8, 4) is 11.2 Å². The van der Waals surface area contributed by atoms with Gasteiger partial charge in [0.05, 0.1) is 12.0 Å². The molecule has 1 aromatic carbocycles. The molecule has 1 aromatic rings. The number of hydrogen-bond donors (Lipinski definition) is 1. The summed E-state index contributed by atoms with van der Waals surface area (Å²) < 4.78 is 6.37. The second kappa shape index (κ2) is 7.34. The van der Waals surface area contributed by atoms with Crippen molar-refractivity contribution in [3.63, 3.8) is 0 Å². The van der Waals surface area contributed by atoms with Crippen LogP contribution < -0.4 is 5.32 Å². The van der Waals surface area contributed by atoms with Gasteiger partial charge in [0.1, 0.15) is 6.04 Å². The van der Waals surface area contributed by atoms with Crippen LogP contribution in [-0.4, -0.2) is 26.4 Å². The van der Waals surface area contributed by atoms with Crippen LogP contribution >= 0.6 is 11.8 Å². The Bertz CT molecular complexity index is 643. The van der Waals surface area contributed by atoms with Gasteiger partial charge in [-0.05, 0) is 54.2 Å². The van der Waals surface area contributed by atoms with Gasteiger partial charge in [-0.3, -0.25) is 4.79 Å². The maximum absolute atomic E-state index is 12.0. The monoisotopic (exact) mass is 361 g/mol. The summed E-state index contributed by atoms with van der Waals surface area (Å²) >= 11 is 1.49. The quantitative estimate of drug-likeness (QED) is 0.377. The highest BCUT2D eigenvalue weighted by molar-refractivity contribution is 8.03. The van der Waals surface area contributed by atoms with Crippen LogP contribution in [0.4, 0.5) is 0 Å². The summed E-state index contributed by atoms with van der Waals surface area (Å²) in [6.07, 6.45) is -0.110. The number of hydrogen-bond acceptors (Lipinski definition) is 3. The minimum atomic E-state index is -1.89. The predicted octanol–water partition coefficient (Wildman–Crippen LogP) is 4.26. The fourth-order valence-corrected chi connectivity index (χ4v) is 4.39. The van der Waals surface area contributed by atoms with E-state index in [0.29, 0.717) is 0 Å². The second-order valence-electron chi connectivity index (χ2n) is 7.76. The summed E-state index contributed by atoms with van der Waals surface area (Å²) in [6, 6.07) is 9.91. The summed E-state index contributed by atoms with van der Waals surface area (Å²) in [5, 5.41) is 6.13. The molecule has 0 saturated carbocycles. The largest absolute Gasteiger partial charge is 0.413 e. The molecule has 2 rings (SSSR count). The van der Waals surface area contributed by atoms with E-state index in [0.717, 1.165) is 4.90 Å². The lowest BCUT2D eigenvalue weighted by Gasteiger charge is -2.44. The van der Waals surface area contributed by atoms with E-state index in [1.807, 2.05) is 37.3 Å². The smallest absolute Gasteiger partial charge is 0.229 e. The number of carbonyl (C=O) groups excluding carboxylic acids is 1. The Morgan fingerprint density at radius 2 is 1.88 bits per heavy atom. The number of rotatable bonds is 4. The lowest BCUT2D eigenvalue weighted by atomic mass is 9.87. The molecule has 0 radical (unpaired) electrons. The predicted molar refractivity (Wildman–Crippen MR) is 103 cm³/mol. The average molecular weight is 362 g/mol. The van der Waals surface area contributed by atoms with Crippen molar-refractivity contribution < 1.29 is 9.22 Å². The molecule has 1 heterocycles. The number of benzene rings is 1. The first kappa shape index (κ1) is 19.1. The SMILES string of the molecule is CC(O[Si](C)(C)C(C)(C)C)[C@@H]1C(=O)N[C@@H]1C#CSc1ccccc1. The third-order valence-corrected chi connectivity index (χ3v) is 10.2. The molecule has 130 valence electrons. The van der Waals surface area contributed by atoms with Gasteiger partial charge in [0, 0.05) is 4.90 Å². The molecule has 0 spiro atoms. The zero-order valence-corrected chi connectivity index (χ0v) is 17.2. The minimum Gasteiger partial charge on any atom is -0.413 e. The van der Waals surface area contributed by atoms with E-state index in [9.17, 15) is 4.79 Å². The van der Waals surface area contributed by atoms with Crippen LogP contribution in [0.25, 0.3) is 0 Å². The molecule has 3 atom stereocenters. The molecule has 1 saturated heterocycles. The average Bonchev–Trinajstić information content (AvgIpc) is 2.45. The third kappa shape index (κ3) is 4.44. The molecule has 1 unspecified atom stereocenters. The molecule has 1 aliphatic heterocycles. The Hall–Kier alpha value is -1.22. The first-order chi connectivity index (χ1) is 11.1. The highest BCUT2D eigenvalue weighted by Crippen LogP contribution is 2.38. The molecule has 0 aromatic heterocycles. The Kier molecular flexibility index (Phi) is 5.85. The summed E-state index contributed by atoms with van der Waals surface area (Å²) in [7, 11) is -1.89. The summed E-state index contributed by atoms with van der Waals surface area (Å²) in [5.41, 5.74) is 0. The maximum Gasteiger partial charge on any atom is 0.229 e. The number of carbonyl (C=O) groups is 1. The molecular formula is C19H27NO2SSi. The van der Waals surface area contributed by atoms with E-state index in [1.165, 1.54) is 11.8 Å². The van der Waals surface area contributed by atoms with E-state index < -0.39 is 8.32 Å². The summed E-state index contributed by atoms with van der Waals surface area (Å²) in [6.45, 7) is 13.1. The Labute approximate surface area is 151 Å². The molecule has 5 heteroatoms. The van der Waals surface area contributed by atoms with Gasteiger partial charge in [-0.1, -0.05) is 44.9 Å². The number of nitrogens with one attached hydrogen (secondary N) is 1. The van der Waals surface area contributed by atoms with E-state index in [2.05, 4.69) is 50.4 Å². The van der Waals surface area contributed by atoms with Gasteiger partial charge in [-0.25, -0.2) is 0 Å². The normalized spacial score (nSPS) is 22.0. The summed E-state index contributed by atoms with van der Waals surface area (Å²) in [5.74, 6) is 3.04. The summed E-state index contributed by atoms with van der Waals surface area (Å²) in [4.78, 5) is 13.1. The van der Waals surface area contributed by atoms with E-state index in [1.54, 1.807) is 0 Å². The van der Waals surface area contributed by atoms with Crippen LogP contribution in [-0.2, 0) is 9.22 Å². The lowest BCUT2D eigenvalue weighted by molar-refractivity contribution is -0.137. The van der Waals surface area contributed by atoms with Crippen molar-refractivity contribution in [2.75, 3.05) is 0 Å². The standard InChI is InChI=1S/C19H27NO2SSi/c1-14(22-24(5,6)19(2,3)4)17-16(20-18(17)21)12-13-23-15-10-8-7-9-11-15/h7-11,14,16-17H,1-6H3,(H,20,21)/t14?,16-,17+/m1/s1. The highest BCUT2D eigenvalue weighted by atomic mass is 32.2. The van der Waals surface area contributed by atoms with Crippen LogP contribution in [0, 0.1) is 17.1 Å². The molecule has 0 aliphatic carbocycles. The van der Waals surface area contributed by atoms with Gasteiger partial charge >= 0.3 is 0 Å². The van der Waals surface area contributed by atoms with E-state index in [4.69, 9.17) is 4.43 Å². The third-order valence-electron chi connectivity index (χ3n) is 4.88. The first-order valence-corrected chi connectivity index (χ1v) is 12.0. The van der Waals surface area contributed by atoms with Gasteiger partial charge in [-0.2, -0.15) is 0 Å². The first-order valence-electron chi connectivity index (χ1n) is 8.32. The van der Waals surface area contributed by atoms with Gasteiger partial charge in [0.2, 0.25) is 5.91 Å².